The first kappa shape index (κ1) is 20.7. The summed E-state index contributed by atoms with van der Waals surface area (Å²) in [5.74, 6) is 0.854. The van der Waals surface area contributed by atoms with Crippen LogP contribution >= 0.6 is 0 Å². The molecule has 6 nitrogen and oxygen atoms in total. The second-order valence-electron chi connectivity index (χ2n) is 6.79. The number of nitrogens with zero attached hydrogens (tertiary/aromatic N) is 1. The van der Waals surface area contributed by atoms with Crippen LogP contribution in [0.15, 0.2) is 4.99 Å². The van der Waals surface area contributed by atoms with Gasteiger partial charge in [-0.25, -0.2) is 0 Å². The van der Waals surface area contributed by atoms with Crippen molar-refractivity contribution in [2.45, 2.75) is 83.8 Å². The molecule has 1 amide bonds. The molecule has 0 aromatic carbocycles. The highest BCUT2D eigenvalue weighted by atomic mass is 16.3. The van der Waals surface area contributed by atoms with Crippen molar-refractivity contribution in [3.63, 3.8) is 0 Å². The van der Waals surface area contributed by atoms with E-state index >= 15 is 0 Å². The summed E-state index contributed by atoms with van der Waals surface area (Å²) in [5, 5.41) is 20.1. The Balaban J connectivity index is 2.35. The Bertz CT molecular complexity index is 388. The highest BCUT2D eigenvalue weighted by molar-refractivity contribution is 5.80. The summed E-state index contributed by atoms with van der Waals surface area (Å²) in [4.78, 5) is 16.2. The Morgan fingerprint density at radius 2 is 1.83 bits per heavy atom. The van der Waals surface area contributed by atoms with Crippen molar-refractivity contribution < 1.29 is 9.90 Å². The van der Waals surface area contributed by atoms with Gasteiger partial charge >= 0.3 is 0 Å². The fourth-order valence-corrected chi connectivity index (χ4v) is 2.77. The topological polar surface area (TPSA) is 85.8 Å². The van der Waals surface area contributed by atoms with Crippen molar-refractivity contribution >= 4 is 11.9 Å². The van der Waals surface area contributed by atoms with Gasteiger partial charge in [-0.05, 0) is 39.0 Å². The maximum Gasteiger partial charge on any atom is 0.220 e. The fraction of sp³-hybridized carbons (Fsp3) is 0.889. The van der Waals surface area contributed by atoms with Gasteiger partial charge in [0.05, 0.1) is 12.1 Å². The van der Waals surface area contributed by atoms with Crippen LogP contribution in [0.3, 0.4) is 0 Å². The van der Waals surface area contributed by atoms with E-state index in [0.717, 1.165) is 51.5 Å². The van der Waals surface area contributed by atoms with Crippen LogP contribution in [0.2, 0.25) is 0 Å². The number of nitrogens with one attached hydrogen (secondary N) is 3. The number of carbonyl (C=O) groups is 1. The summed E-state index contributed by atoms with van der Waals surface area (Å²) in [7, 11) is 0. The van der Waals surface area contributed by atoms with Crippen molar-refractivity contribution in [1.82, 2.24) is 16.0 Å². The lowest BCUT2D eigenvalue weighted by atomic mass is 9.93. The lowest BCUT2D eigenvalue weighted by Gasteiger charge is -2.26. The van der Waals surface area contributed by atoms with Crippen LogP contribution in [0.5, 0.6) is 0 Å². The number of carbonyl (C=O) groups excluding carboxylic acids is 1. The van der Waals surface area contributed by atoms with E-state index in [1.165, 1.54) is 0 Å². The van der Waals surface area contributed by atoms with Crippen LogP contribution < -0.4 is 16.0 Å². The van der Waals surface area contributed by atoms with Crippen LogP contribution in [0, 0.1) is 0 Å². The first-order chi connectivity index (χ1) is 11.5. The van der Waals surface area contributed by atoms with Crippen molar-refractivity contribution in [2.24, 2.45) is 4.99 Å². The monoisotopic (exact) mass is 340 g/mol. The van der Waals surface area contributed by atoms with Gasteiger partial charge in [0.1, 0.15) is 0 Å². The summed E-state index contributed by atoms with van der Waals surface area (Å²) in [6.07, 6.45) is 7.00. The molecule has 0 bridgehead atoms. The summed E-state index contributed by atoms with van der Waals surface area (Å²) >= 11 is 0. The molecule has 0 heterocycles. The summed E-state index contributed by atoms with van der Waals surface area (Å²) in [5.41, 5.74) is -0.712. The molecular weight excluding hydrogens is 304 g/mol. The van der Waals surface area contributed by atoms with Crippen molar-refractivity contribution in [3.8, 4) is 0 Å². The van der Waals surface area contributed by atoms with E-state index in [1.807, 2.05) is 6.92 Å². The smallest absolute Gasteiger partial charge is 0.220 e. The predicted octanol–water partition coefficient (Wildman–Crippen LogP) is 1.93. The number of amides is 1. The number of hydrogen-bond acceptors (Lipinski definition) is 3. The number of hydrogen-bond donors (Lipinski definition) is 4. The average molecular weight is 341 g/mol. The molecule has 0 unspecified atom stereocenters. The van der Waals surface area contributed by atoms with E-state index < -0.39 is 5.60 Å². The van der Waals surface area contributed by atoms with Gasteiger partial charge in [0.2, 0.25) is 5.91 Å². The second kappa shape index (κ2) is 11.3. The van der Waals surface area contributed by atoms with Gasteiger partial charge in [-0.15, -0.1) is 0 Å². The Hall–Kier alpha value is -1.30. The third kappa shape index (κ3) is 9.11. The average Bonchev–Trinajstić information content (AvgIpc) is 3.33. The van der Waals surface area contributed by atoms with Crippen molar-refractivity contribution in [3.05, 3.63) is 0 Å². The first-order valence-electron chi connectivity index (χ1n) is 9.57. The Morgan fingerprint density at radius 3 is 2.38 bits per heavy atom. The number of guanidine groups is 1. The zero-order valence-electron chi connectivity index (χ0n) is 15.7. The van der Waals surface area contributed by atoms with E-state index in [1.54, 1.807) is 0 Å². The highest BCUT2D eigenvalue weighted by Gasteiger charge is 2.24. The number of aliphatic imine (C=N–C) groups is 1. The Labute approximate surface area is 146 Å². The first-order valence-corrected chi connectivity index (χ1v) is 9.57. The van der Waals surface area contributed by atoms with Gasteiger partial charge in [0.15, 0.2) is 5.96 Å². The molecule has 24 heavy (non-hydrogen) atoms. The molecule has 1 aliphatic rings. The van der Waals surface area contributed by atoms with Gasteiger partial charge < -0.3 is 21.1 Å². The minimum atomic E-state index is -0.712. The summed E-state index contributed by atoms with van der Waals surface area (Å²) in [6.45, 7) is 8.07. The molecule has 1 fully saturated rings. The van der Waals surface area contributed by atoms with Gasteiger partial charge in [0.25, 0.3) is 0 Å². The van der Waals surface area contributed by atoms with E-state index in [4.69, 9.17) is 0 Å². The minimum Gasteiger partial charge on any atom is -0.388 e. The molecule has 0 atom stereocenters. The molecule has 0 spiro atoms. The normalized spacial score (nSPS) is 15.2. The highest BCUT2D eigenvalue weighted by Crippen LogP contribution is 2.20. The zero-order valence-corrected chi connectivity index (χ0v) is 15.7. The number of aliphatic hydroxyl groups is 1. The van der Waals surface area contributed by atoms with Crippen molar-refractivity contribution in [1.29, 1.82) is 0 Å². The molecular formula is C18H36N4O2. The van der Waals surface area contributed by atoms with Gasteiger partial charge in [-0.1, -0.05) is 26.7 Å². The maximum absolute atomic E-state index is 11.6. The molecule has 1 saturated carbocycles. The van der Waals surface area contributed by atoms with Crippen LogP contribution in [-0.2, 0) is 4.79 Å². The SMILES string of the molecule is CCCC(O)(CCC)CN=C(NCC)NCCCC(=O)NC1CC1. The van der Waals surface area contributed by atoms with Gasteiger partial charge in [-0.3, -0.25) is 9.79 Å². The zero-order chi connectivity index (χ0) is 17.8. The van der Waals surface area contributed by atoms with E-state index in [9.17, 15) is 9.90 Å². The van der Waals surface area contributed by atoms with E-state index in [2.05, 4.69) is 34.8 Å². The molecule has 1 aliphatic carbocycles. The molecule has 0 aliphatic heterocycles. The van der Waals surface area contributed by atoms with Crippen LogP contribution in [0.4, 0.5) is 0 Å². The van der Waals surface area contributed by atoms with E-state index in [-0.39, 0.29) is 5.91 Å². The molecule has 4 N–H and O–H groups in total. The number of rotatable bonds is 12. The van der Waals surface area contributed by atoms with Crippen LogP contribution in [-0.4, -0.2) is 48.3 Å². The summed E-state index contributed by atoms with van der Waals surface area (Å²) < 4.78 is 0. The Kier molecular flexibility index (Phi) is 9.76. The molecule has 0 radical (unpaired) electrons. The van der Waals surface area contributed by atoms with Gasteiger partial charge in [0, 0.05) is 25.6 Å². The molecule has 1 rings (SSSR count). The maximum atomic E-state index is 11.6. The standard InChI is InChI=1S/C18H36N4O2/c1-4-11-18(24,12-5-2)14-21-17(19-6-3)20-13-7-8-16(23)22-15-9-10-15/h15,24H,4-14H2,1-3H3,(H,22,23)(H2,19,20,21). The minimum absolute atomic E-state index is 0.140. The largest absolute Gasteiger partial charge is 0.388 e. The molecule has 6 heteroatoms. The van der Waals surface area contributed by atoms with Gasteiger partial charge in [-0.2, -0.15) is 0 Å². The Morgan fingerprint density at radius 1 is 1.17 bits per heavy atom. The molecule has 0 aromatic heterocycles. The fourth-order valence-electron chi connectivity index (χ4n) is 2.77. The van der Waals surface area contributed by atoms with Crippen molar-refractivity contribution in [2.75, 3.05) is 19.6 Å². The molecule has 0 aromatic rings. The second-order valence-corrected chi connectivity index (χ2v) is 6.79. The predicted molar refractivity (Wildman–Crippen MR) is 99.1 cm³/mol. The lowest BCUT2D eigenvalue weighted by molar-refractivity contribution is -0.121. The third-order valence-electron chi connectivity index (χ3n) is 4.12. The van der Waals surface area contributed by atoms with Crippen LogP contribution in [0.1, 0.15) is 72.1 Å². The summed E-state index contributed by atoms with van der Waals surface area (Å²) in [6, 6.07) is 0.430. The molecule has 140 valence electrons. The third-order valence-corrected chi connectivity index (χ3v) is 4.12. The molecule has 0 saturated heterocycles. The van der Waals surface area contributed by atoms with E-state index in [0.29, 0.717) is 31.5 Å². The quantitative estimate of drug-likeness (QED) is 0.248. The van der Waals surface area contributed by atoms with Crippen LogP contribution in [0.25, 0.3) is 0 Å². The lowest BCUT2D eigenvalue weighted by Crippen LogP contribution is -2.40.